The van der Waals surface area contributed by atoms with Crippen LogP contribution in [0.25, 0.3) is 0 Å². The van der Waals surface area contributed by atoms with Crippen LogP contribution in [0, 0.1) is 17.6 Å². The lowest BCUT2D eigenvalue weighted by molar-refractivity contribution is -0.148. The van der Waals surface area contributed by atoms with Gasteiger partial charge in [0.2, 0.25) is 0 Å². The lowest BCUT2D eigenvalue weighted by atomic mass is 9.66. The second-order valence-electron chi connectivity index (χ2n) is 7.39. The van der Waals surface area contributed by atoms with Gasteiger partial charge in [0.25, 0.3) is 0 Å². The molecule has 1 fully saturated rings. The number of carbonyl (C=O) groups is 1. The van der Waals surface area contributed by atoms with E-state index in [1.54, 1.807) is 6.07 Å². The average Bonchev–Trinajstić information content (AvgIpc) is 2.56. The number of nitrogens with one attached hydrogen (secondary N) is 1. The number of unbranched alkanes of at least 4 members (excludes halogenated alkanes) is 1. The highest BCUT2D eigenvalue weighted by molar-refractivity contribution is 6.40. The Morgan fingerprint density at radius 1 is 1.26 bits per heavy atom. The van der Waals surface area contributed by atoms with Crippen molar-refractivity contribution in [2.24, 2.45) is 11.7 Å². The van der Waals surface area contributed by atoms with E-state index in [1.165, 1.54) is 6.07 Å². The molecule has 0 aromatic heterocycles. The van der Waals surface area contributed by atoms with Gasteiger partial charge in [-0.05, 0) is 62.2 Å². The summed E-state index contributed by atoms with van der Waals surface area (Å²) in [7, 11) is -1.38. The largest absolute Gasteiger partial charge is 0.480 e. The Morgan fingerprint density at radius 3 is 2.56 bits per heavy atom. The van der Waals surface area contributed by atoms with E-state index in [9.17, 15) is 18.7 Å². The van der Waals surface area contributed by atoms with Crippen LogP contribution in [0.1, 0.15) is 37.7 Å². The number of aliphatic carboxylic acids is 1. The van der Waals surface area contributed by atoms with Crippen molar-refractivity contribution in [2.45, 2.75) is 56.4 Å². The molecule has 1 saturated carbocycles. The number of carboxylic acid groups (broad SMARTS) is 1. The summed E-state index contributed by atoms with van der Waals surface area (Å²) < 4.78 is 26.1. The van der Waals surface area contributed by atoms with Crippen LogP contribution in [-0.4, -0.2) is 46.4 Å². The number of halogens is 2. The number of hydrogen-bond acceptors (Lipinski definition) is 5. The molecule has 1 aliphatic carbocycles. The number of nitrogens with two attached hydrogens (primary N) is 1. The lowest BCUT2D eigenvalue weighted by Gasteiger charge is -2.45. The molecule has 0 aliphatic heterocycles. The first-order valence-electron chi connectivity index (χ1n) is 9.28. The molecule has 0 amide bonds. The minimum Gasteiger partial charge on any atom is -0.480 e. The maximum Gasteiger partial charge on any atom is 0.451 e. The Bertz CT molecular complexity index is 644. The molecule has 0 saturated heterocycles. The van der Waals surface area contributed by atoms with Crippen molar-refractivity contribution in [1.29, 1.82) is 0 Å². The molecule has 1 atom stereocenters. The Balaban J connectivity index is 1.73. The van der Waals surface area contributed by atoms with Crippen LogP contribution in [0.3, 0.4) is 0 Å². The van der Waals surface area contributed by atoms with E-state index in [0.717, 1.165) is 6.07 Å². The SMILES string of the molecule is N[C@](CCCCB(O)O)(C(=O)O)C1CC(NCCc2ccc(F)c(F)c2)C1. The topological polar surface area (TPSA) is 116 Å². The van der Waals surface area contributed by atoms with Gasteiger partial charge in [-0.1, -0.05) is 18.9 Å². The van der Waals surface area contributed by atoms with E-state index in [2.05, 4.69) is 5.32 Å². The molecular weight excluding hydrogens is 357 g/mol. The predicted molar refractivity (Wildman–Crippen MR) is 98.0 cm³/mol. The van der Waals surface area contributed by atoms with E-state index in [1.807, 2.05) is 0 Å². The van der Waals surface area contributed by atoms with Gasteiger partial charge >= 0.3 is 13.1 Å². The summed E-state index contributed by atoms with van der Waals surface area (Å²) in [5.41, 5.74) is 5.54. The molecule has 9 heteroatoms. The normalized spacial score (nSPS) is 21.4. The average molecular weight is 384 g/mol. The van der Waals surface area contributed by atoms with E-state index in [0.29, 0.717) is 50.6 Å². The first-order chi connectivity index (χ1) is 12.7. The van der Waals surface area contributed by atoms with Gasteiger partial charge in [-0.2, -0.15) is 0 Å². The van der Waals surface area contributed by atoms with Gasteiger partial charge in [-0.25, -0.2) is 8.78 Å². The van der Waals surface area contributed by atoms with Crippen molar-refractivity contribution in [3.63, 3.8) is 0 Å². The highest BCUT2D eigenvalue weighted by Crippen LogP contribution is 2.38. The van der Waals surface area contributed by atoms with E-state index < -0.39 is 30.3 Å². The Morgan fingerprint density at radius 2 is 1.96 bits per heavy atom. The summed E-state index contributed by atoms with van der Waals surface area (Å²) in [6, 6.07) is 3.98. The molecule has 0 unspecified atom stereocenters. The van der Waals surface area contributed by atoms with Crippen LogP contribution in [-0.2, 0) is 11.2 Å². The highest BCUT2D eigenvalue weighted by atomic mass is 19.2. The summed E-state index contributed by atoms with van der Waals surface area (Å²) in [5, 5.41) is 30.5. The molecule has 1 aromatic rings. The van der Waals surface area contributed by atoms with Crippen LogP contribution >= 0.6 is 0 Å². The van der Waals surface area contributed by atoms with Gasteiger partial charge in [0, 0.05) is 6.04 Å². The second kappa shape index (κ2) is 9.59. The molecule has 150 valence electrons. The number of carboxylic acids is 1. The number of benzene rings is 1. The molecule has 6 N–H and O–H groups in total. The molecule has 0 spiro atoms. The summed E-state index contributed by atoms with van der Waals surface area (Å²) in [6.45, 7) is 0.585. The van der Waals surface area contributed by atoms with Gasteiger partial charge < -0.3 is 26.2 Å². The van der Waals surface area contributed by atoms with Crippen molar-refractivity contribution in [3.05, 3.63) is 35.4 Å². The summed E-state index contributed by atoms with van der Waals surface area (Å²) in [4.78, 5) is 11.6. The molecule has 0 heterocycles. The standard InChI is InChI=1S/C18H27BF2N2O4/c20-15-4-3-12(9-16(15)21)5-8-23-14-10-13(11-14)18(22,17(24)25)6-1-2-7-19(26)27/h3-4,9,13-14,23,26-27H,1-2,5-8,10-11,22H2,(H,24,25)/t13?,14?,18-/m0/s1. The zero-order valence-electron chi connectivity index (χ0n) is 15.2. The first kappa shape index (κ1) is 21.8. The van der Waals surface area contributed by atoms with Gasteiger partial charge in [-0.3, -0.25) is 4.79 Å². The molecule has 6 nitrogen and oxygen atoms in total. The molecule has 2 rings (SSSR count). The minimum absolute atomic E-state index is 0.144. The van der Waals surface area contributed by atoms with Gasteiger partial charge in [0.15, 0.2) is 11.6 Å². The molecule has 0 radical (unpaired) electrons. The van der Waals surface area contributed by atoms with Crippen LogP contribution in [0.15, 0.2) is 18.2 Å². The van der Waals surface area contributed by atoms with Crippen LogP contribution in [0.2, 0.25) is 6.32 Å². The maximum absolute atomic E-state index is 13.2. The van der Waals surface area contributed by atoms with Gasteiger partial charge in [0.1, 0.15) is 5.54 Å². The zero-order chi connectivity index (χ0) is 20.0. The summed E-state index contributed by atoms with van der Waals surface area (Å²) in [5.74, 6) is -2.90. The predicted octanol–water partition coefficient (Wildman–Crippen LogP) is 1.30. The zero-order valence-corrected chi connectivity index (χ0v) is 15.2. The van der Waals surface area contributed by atoms with Crippen molar-refractivity contribution < 1.29 is 28.7 Å². The molecule has 27 heavy (non-hydrogen) atoms. The van der Waals surface area contributed by atoms with Crippen LogP contribution in [0.4, 0.5) is 8.78 Å². The third kappa shape index (κ3) is 5.97. The number of hydrogen-bond donors (Lipinski definition) is 5. The van der Waals surface area contributed by atoms with Crippen molar-refractivity contribution in [1.82, 2.24) is 5.32 Å². The van der Waals surface area contributed by atoms with Gasteiger partial charge in [-0.15, -0.1) is 0 Å². The molecular formula is C18H27BF2N2O4. The fraction of sp³-hybridized carbons (Fsp3) is 0.611. The lowest BCUT2D eigenvalue weighted by Crippen LogP contribution is -2.61. The first-order valence-corrected chi connectivity index (χ1v) is 9.28. The third-order valence-corrected chi connectivity index (χ3v) is 5.40. The fourth-order valence-corrected chi connectivity index (χ4v) is 3.55. The van der Waals surface area contributed by atoms with Crippen LogP contribution < -0.4 is 11.1 Å². The van der Waals surface area contributed by atoms with Gasteiger partial charge in [0.05, 0.1) is 0 Å². The van der Waals surface area contributed by atoms with E-state index in [-0.39, 0.29) is 18.3 Å². The smallest absolute Gasteiger partial charge is 0.451 e. The van der Waals surface area contributed by atoms with Crippen molar-refractivity contribution in [3.8, 4) is 0 Å². The summed E-state index contributed by atoms with van der Waals surface area (Å²) >= 11 is 0. The maximum atomic E-state index is 13.2. The third-order valence-electron chi connectivity index (χ3n) is 5.40. The highest BCUT2D eigenvalue weighted by Gasteiger charge is 2.47. The monoisotopic (exact) mass is 384 g/mol. The Labute approximate surface area is 157 Å². The Hall–Kier alpha value is -1.55. The Kier molecular flexibility index (Phi) is 7.73. The van der Waals surface area contributed by atoms with E-state index >= 15 is 0 Å². The molecule has 1 aromatic carbocycles. The summed E-state index contributed by atoms with van der Waals surface area (Å²) in [6.07, 6.45) is 3.36. The van der Waals surface area contributed by atoms with Crippen LogP contribution in [0.5, 0.6) is 0 Å². The minimum atomic E-state index is -1.38. The fourth-order valence-electron chi connectivity index (χ4n) is 3.55. The quantitative estimate of drug-likeness (QED) is 0.290. The second-order valence-corrected chi connectivity index (χ2v) is 7.39. The molecule has 0 bridgehead atoms. The van der Waals surface area contributed by atoms with Crippen molar-refractivity contribution in [2.75, 3.05) is 6.54 Å². The van der Waals surface area contributed by atoms with Crippen molar-refractivity contribution >= 4 is 13.1 Å². The van der Waals surface area contributed by atoms with E-state index in [4.69, 9.17) is 15.8 Å². The number of rotatable bonds is 11. The molecule has 1 aliphatic rings.